The van der Waals surface area contributed by atoms with Gasteiger partial charge in [-0.25, -0.2) is 0 Å². The first-order chi connectivity index (χ1) is 8.77. The van der Waals surface area contributed by atoms with Gasteiger partial charge in [-0.3, -0.25) is 4.90 Å². The molecule has 1 aromatic rings. The number of nitrogens with two attached hydrogens (primary N) is 1. The zero-order valence-electron chi connectivity index (χ0n) is 10.9. The van der Waals surface area contributed by atoms with Gasteiger partial charge in [-0.2, -0.15) is 11.3 Å². The summed E-state index contributed by atoms with van der Waals surface area (Å²) in [5.74, 6) is 0. The lowest BCUT2D eigenvalue weighted by atomic mass is 9.98. The zero-order valence-corrected chi connectivity index (χ0v) is 11.7. The minimum absolute atomic E-state index is 0.166. The van der Waals surface area contributed by atoms with Crippen molar-refractivity contribution >= 4 is 11.3 Å². The van der Waals surface area contributed by atoms with Gasteiger partial charge in [-0.1, -0.05) is 0 Å². The van der Waals surface area contributed by atoms with E-state index in [1.165, 1.54) is 24.8 Å². The molecule has 2 N–H and O–H groups in total. The van der Waals surface area contributed by atoms with Gasteiger partial charge in [-0.15, -0.1) is 0 Å². The van der Waals surface area contributed by atoms with Crippen LogP contribution in [-0.2, 0) is 4.74 Å². The lowest BCUT2D eigenvalue weighted by molar-refractivity contribution is -0.0752. The molecule has 0 radical (unpaired) electrons. The Bertz CT molecular complexity index is 379. The van der Waals surface area contributed by atoms with Crippen LogP contribution in [0.1, 0.15) is 37.8 Å². The summed E-state index contributed by atoms with van der Waals surface area (Å²) in [5, 5.41) is 4.39. The highest BCUT2D eigenvalue weighted by Gasteiger charge is 2.40. The molecule has 4 atom stereocenters. The molecule has 0 aromatic carbocycles. The summed E-state index contributed by atoms with van der Waals surface area (Å²) in [5.41, 5.74) is 7.64. The van der Waals surface area contributed by atoms with E-state index in [1.54, 1.807) is 11.3 Å². The van der Waals surface area contributed by atoms with E-state index in [4.69, 9.17) is 10.5 Å². The lowest BCUT2D eigenvalue weighted by Crippen LogP contribution is -2.53. The lowest BCUT2D eigenvalue weighted by Gasteiger charge is -2.44. The smallest absolute Gasteiger partial charge is 0.0731 e. The quantitative estimate of drug-likeness (QED) is 0.913. The fourth-order valence-electron chi connectivity index (χ4n) is 3.54. The average Bonchev–Trinajstić information content (AvgIpc) is 2.98. The van der Waals surface area contributed by atoms with Crippen molar-refractivity contribution in [3.05, 3.63) is 22.4 Å². The molecule has 3 nitrogen and oxygen atoms in total. The minimum atomic E-state index is 0.166. The maximum atomic E-state index is 6.26. The van der Waals surface area contributed by atoms with Crippen LogP contribution in [0.3, 0.4) is 0 Å². The Morgan fingerprint density at radius 3 is 3.11 bits per heavy atom. The number of nitrogens with zero attached hydrogens (tertiary/aromatic N) is 1. The van der Waals surface area contributed by atoms with Gasteiger partial charge in [0.15, 0.2) is 0 Å². The summed E-state index contributed by atoms with van der Waals surface area (Å²) in [6, 6.07) is 3.32. The molecule has 0 amide bonds. The maximum Gasteiger partial charge on any atom is 0.0731 e. The molecule has 1 saturated carbocycles. The van der Waals surface area contributed by atoms with Crippen molar-refractivity contribution in [3.8, 4) is 0 Å². The summed E-state index contributed by atoms with van der Waals surface area (Å²) in [4.78, 5) is 2.61. The van der Waals surface area contributed by atoms with Crippen molar-refractivity contribution in [2.24, 2.45) is 5.73 Å². The van der Waals surface area contributed by atoms with E-state index in [1.807, 2.05) is 0 Å². The van der Waals surface area contributed by atoms with Crippen LogP contribution < -0.4 is 5.73 Å². The highest BCUT2D eigenvalue weighted by Crippen LogP contribution is 2.36. The molecule has 4 heteroatoms. The van der Waals surface area contributed by atoms with Crippen LogP contribution >= 0.6 is 11.3 Å². The monoisotopic (exact) mass is 266 g/mol. The highest BCUT2D eigenvalue weighted by molar-refractivity contribution is 7.07. The topological polar surface area (TPSA) is 38.5 Å². The van der Waals surface area contributed by atoms with Crippen molar-refractivity contribution in [1.29, 1.82) is 0 Å². The summed E-state index contributed by atoms with van der Waals surface area (Å²) in [6.45, 7) is 4.00. The summed E-state index contributed by atoms with van der Waals surface area (Å²) in [7, 11) is 0. The standard InChI is InChI=1S/C14H22N2OS/c1-10(15)14(11-5-8-18-9-11)16-6-7-17-13-4-2-3-12(13)16/h5,8-10,12-14H,2-4,6-7,15H2,1H3. The van der Waals surface area contributed by atoms with Crippen molar-refractivity contribution in [3.63, 3.8) is 0 Å². The van der Waals surface area contributed by atoms with Crippen LogP contribution in [0.4, 0.5) is 0 Å². The molecule has 100 valence electrons. The summed E-state index contributed by atoms with van der Waals surface area (Å²) < 4.78 is 5.90. The summed E-state index contributed by atoms with van der Waals surface area (Å²) in [6.07, 6.45) is 4.22. The number of fused-ring (bicyclic) bond motifs is 1. The van der Waals surface area contributed by atoms with E-state index in [-0.39, 0.29) is 6.04 Å². The Morgan fingerprint density at radius 2 is 2.39 bits per heavy atom. The number of thiophene rings is 1. The molecule has 1 aliphatic carbocycles. The van der Waals surface area contributed by atoms with Gasteiger partial charge in [-0.05, 0) is 48.6 Å². The van der Waals surface area contributed by atoms with Crippen molar-refractivity contribution in [2.45, 2.75) is 50.4 Å². The highest BCUT2D eigenvalue weighted by atomic mass is 32.1. The van der Waals surface area contributed by atoms with Gasteiger partial charge in [0.2, 0.25) is 0 Å². The van der Waals surface area contributed by atoms with E-state index < -0.39 is 0 Å². The van der Waals surface area contributed by atoms with Gasteiger partial charge in [0, 0.05) is 18.6 Å². The Labute approximate surface area is 113 Å². The van der Waals surface area contributed by atoms with E-state index >= 15 is 0 Å². The molecule has 18 heavy (non-hydrogen) atoms. The SMILES string of the molecule is CC(N)C(c1ccsc1)N1CCOC2CCCC21. The van der Waals surface area contributed by atoms with Crippen LogP contribution in [0.15, 0.2) is 16.8 Å². The first-order valence-electron chi connectivity index (χ1n) is 6.92. The molecule has 4 unspecified atom stereocenters. The molecule has 0 spiro atoms. The Morgan fingerprint density at radius 1 is 1.50 bits per heavy atom. The van der Waals surface area contributed by atoms with Crippen LogP contribution in [0.5, 0.6) is 0 Å². The number of ether oxygens (including phenoxy) is 1. The first kappa shape index (κ1) is 12.6. The number of hydrogen-bond acceptors (Lipinski definition) is 4. The Hall–Kier alpha value is -0.420. The average molecular weight is 266 g/mol. The predicted molar refractivity (Wildman–Crippen MR) is 74.8 cm³/mol. The Kier molecular flexibility index (Phi) is 3.71. The first-order valence-corrected chi connectivity index (χ1v) is 7.86. The predicted octanol–water partition coefficient (Wildman–Crippen LogP) is 2.39. The van der Waals surface area contributed by atoms with E-state index in [0.717, 1.165) is 13.2 Å². The third-order valence-electron chi connectivity index (χ3n) is 4.27. The second-order valence-electron chi connectivity index (χ2n) is 5.51. The molecule has 2 aliphatic rings. The van der Waals surface area contributed by atoms with Crippen LogP contribution in [0.2, 0.25) is 0 Å². The van der Waals surface area contributed by atoms with Crippen molar-refractivity contribution < 1.29 is 4.74 Å². The second-order valence-corrected chi connectivity index (χ2v) is 6.29. The van der Waals surface area contributed by atoms with Crippen LogP contribution in [-0.4, -0.2) is 36.2 Å². The van der Waals surface area contributed by atoms with Crippen LogP contribution in [0, 0.1) is 0 Å². The van der Waals surface area contributed by atoms with Gasteiger partial charge >= 0.3 is 0 Å². The maximum absolute atomic E-state index is 6.26. The van der Waals surface area contributed by atoms with Crippen molar-refractivity contribution in [2.75, 3.05) is 13.2 Å². The molecule has 2 heterocycles. The molecule has 2 fully saturated rings. The summed E-state index contributed by atoms with van der Waals surface area (Å²) >= 11 is 1.76. The minimum Gasteiger partial charge on any atom is -0.375 e. The molecule has 1 saturated heterocycles. The van der Waals surface area contributed by atoms with E-state index in [0.29, 0.717) is 18.2 Å². The van der Waals surface area contributed by atoms with Gasteiger partial charge in [0.1, 0.15) is 0 Å². The van der Waals surface area contributed by atoms with Gasteiger partial charge in [0.05, 0.1) is 18.8 Å². The largest absolute Gasteiger partial charge is 0.375 e. The number of morpholine rings is 1. The zero-order chi connectivity index (χ0) is 12.5. The molecular formula is C14H22N2OS. The second kappa shape index (κ2) is 5.29. The number of rotatable bonds is 3. The fraction of sp³-hybridized carbons (Fsp3) is 0.714. The third-order valence-corrected chi connectivity index (χ3v) is 4.97. The number of hydrogen-bond donors (Lipinski definition) is 1. The van der Waals surface area contributed by atoms with E-state index in [9.17, 15) is 0 Å². The Balaban J connectivity index is 1.85. The van der Waals surface area contributed by atoms with Crippen molar-refractivity contribution in [1.82, 2.24) is 4.90 Å². The molecule has 1 aromatic heterocycles. The molecule has 1 aliphatic heterocycles. The fourth-order valence-corrected chi connectivity index (χ4v) is 4.23. The molecule has 0 bridgehead atoms. The van der Waals surface area contributed by atoms with E-state index in [2.05, 4.69) is 28.7 Å². The van der Waals surface area contributed by atoms with Crippen LogP contribution in [0.25, 0.3) is 0 Å². The van der Waals surface area contributed by atoms with Gasteiger partial charge < -0.3 is 10.5 Å². The molecule has 3 rings (SSSR count). The normalized spacial score (nSPS) is 32.1. The molecular weight excluding hydrogens is 244 g/mol. The van der Waals surface area contributed by atoms with Gasteiger partial charge in [0.25, 0.3) is 0 Å². The third kappa shape index (κ3) is 2.23.